The van der Waals surface area contributed by atoms with Crippen LogP contribution in [0.3, 0.4) is 0 Å². The van der Waals surface area contributed by atoms with Crippen LogP contribution in [0.5, 0.6) is 0 Å². The summed E-state index contributed by atoms with van der Waals surface area (Å²) in [5.74, 6) is 4.54. The first kappa shape index (κ1) is 5.93. The zero-order valence-electron chi connectivity index (χ0n) is 6.21. The number of thiol groups is 1. The van der Waals surface area contributed by atoms with Crippen LogP contribution in [0.1, 0.15) is 25.7 Å². The molecule has 0 aromatic carbocycles. The zero-order valence-corrected chi connectivity index (χ0v) is 7.11. The fraction of sp³-hybridized carbons (Fsp3) is 1.00. The lowest BCUT2D eigenvalue weighted by molar-refractivity contribution is 0.289. The van der Waals surface area contributed by atoms with Crippen molar-refractivity contribution in [2.75, 3.05) is 5.75 Å². The Balaban J connectivity index is 2.04. The number of rotatable bonds is 1. The van der Waals surface area contributed by atoms with Crippen LogP contribution in [0.2, 0.25) is 0 Å². The molecule has 0 aromatic heterocycles. The molecule has 0 aromatic rings. The van der Waals surface area contributed by atoms with Crippen molar-refractivity contribution in [2.24, 2.45) is 23.2 Å². The SMILES string of the molecule is SCC12CC3CC1CC3C2. The van der Waals surface area contributed by atoms with Gasteiger partial charge < -0.3 is 0 Å². The van der Waals surface area contributed by atoms with Crippen LogP contribution in [-0.4, -0.2) is 5.75 Å². The fourth-order valence-corrected chi connectivity index (χ4v) is 4.45. The zero-order chi connectivity index (χ0) is 6.77. The van der Waals surface area contributed by atoms with E-state index in [9.17, 15) is 0 Å². The number of hydrogen-bond donors (Lipinski definition) is 1. The minimum absolute atomic E-state index is 0.748. The normalized spacial score (nSPS) is 62.7. The van der Waals surface area contributed by atoms with Gasteiger partial charge in [0.25, 0.3) is 0 Å². The average Bonchev–Trinajstić information content (AvgIpc) is 2.53. The Kier molecular flexibility index (Phi) is 0.934. The lowest BCUT2D eigenvalue weighted by atomic mass is 9.83. The molecule has 4 fully saturated rings. The second kappa shape index (κ2) is 1.57. The van der Waals surface area contributed by atoms with Gasteiger partial charge in [0.1, 0.15) is 0 Å². The lowest BCUT2D eigenvalue weighted by Gasteiger charge is -2.26. The van der Waals surface area contributed by atoms with Crippen LogP contribution in [-0.2, 0) is 0 Å². The molecule has 4 aliphatic carbocycles. The van der Waals surface area contributed by atoms with E-state index in [-0.39, 0.29) is 0 Å². The van der Waals surface area contributed by atoms with Gasteiger partial charge in [0.05, 0.1) is 0 Å². The van der Waals surface area contributed by atoms with Crippen molar-refractivity contribution >= 4 is 12.6 Å². The topological polar surface area (TPSA) is 0 Å². The van der Waals surface area contributed by atoms with E-state index in [1.165, 1.54) is 18.6 Å². The molecule has 4 saturated carbocycles. The van der Waals surface area contributed by atoms with Gasteiger partial charge in [-0.1, -0.05) is 0 Å². The molecular formula is C9H14S. The molecule has 0 spiro atoms. The first-order valence-electron chi connectivity index (χ1n) is 4.45. The molecule has 0 aliphatic heterocycles. The predicted octanol–water partition coefficient (Wildman–Crippen LogP) is 2.35. The first-order chi connectivity index (χ1) is 4.84. The third-order valence-corrected chi connectivity index (χ3v) is 4.99. The van der Waals surface area contributed by atoms with Crippen LogP contribution in [0.4, 0.5) is 0 Å². The van der Waals surface area contributed by atoms with Crippen LogP contribution >= 0.6 is 12.6 Å². The largest absolute Gasteiger partial charge is 0.179 e. The molecule has 0 saturated heterocycles. The summed E-state index contributed by atoms with van der Waals surface area (Å²) in [5, 5.41) is 0. The second-order valence-corrected chi connectivity index (χ2v) is 4.93. The summed E-state index contributed by atoms with van der Waals surface area (Å²) in [7, 11) is 0. The van der Waals surface area contributed by atoms with Crippen molar-refractivity contribution in [3.63, 3.8) is 0 Å². The van der Waals surface area contributed by atoms with Crippen LogP contribution < -0.4 is 0 Å². The summed E-state index contributed by atoms with van der Waals surface area (Å²) in [6, 6.07) is 0. The molecule has 0 nitrogen and oxygen atoms in total. The molecule has 10 heavy (non-hydrogen) atoms. The van der Waals surface area contributed by atoms with E-state index in [2.05, 4.69) is 12.6 Å². The summed E-state index contributed by atoms with van der Waals surface area (Å²) < 4.78 is 0. The molecular weight excluding hydrogens is 140 g/mol. The van der Waals surface area contributed by atoms with Gasteiger partial charge in [-0.2, -0.15) is 12.6 Å². The number of hydrogen-bond acceptors (Lipinski definition) is 1. The molecule has 0 radical (unpaired) electrons. The van der Waals surface area contributed by atoms with E-state index in [0.717, 1.165) is 23.2 Å². The van der Waals surface area contributed by atoms with E-state index < -0.39 is 0 Å². The highest BCUT2D eigenvalue weighted by Gasteiger charge is 2.61. The minimum atomic E-state index is 0.748. The minimum Gasteiger partial charge on any atom is -0.179 e. The summed E-state index contributed by atoms with van der Waals surface area (Å²) in [5.41, 5.74) is 0.748. The fourth-order valence-electron chi connectivity index (χ4n) is 3.93. The van der Waals surface area contributed by atoms with Gasteiger partial charge in [0.15, 0.2) is 0 Å². The first-order valence-corrected chi connectivity index (χ1v) is 5.08. The Morgan fingerprint density at radius 2 is 1.80 bits per heavy atom. The highest BCUT2D eigenvalue weighted by Crippen LogP contribution is 2.70. The van der Waals surface area contributed by atoms with Crippen molar-refractivity contribution in [3.05, 3.63) is 0 Å². The highest BCUT2D eigenvalue weighted by atomic mass is 32.1. The second-order valence-electron chi connectivity index (χ2n) is 4.62. The van der Waals surface area contributed by atoms with Gasteiger partial charge in [0, 0.05) is 0 Å². The van der Waals surface area contributed by atoms with Gasteiger partial charge in [-0.05, 0) is 54.6 Å². The Bertz CT molecular complexity index is 162. The molecule has 56 valence electrons. The van der Waals surface area contributed by atoms with Gasteiger partial charge >= 0.3 is 0 Å². The van der Waals surface area contributed by atoms with E-state index in [1.807, 2.05) is 0 Å². The van der Waals surface area contributed by atoms with Crippen molar-refractivity contribution in [1.29, 1.82) is 0 Å². The summed E-state index contributed by atoms with van der Waals surface area (Å²) >= 11 is 4.49. The molecule has 4 aliphatic rings. The van der Waals surface area contributed by atoms with E-state index >= 15 is 0 Å². The molecule has 1 heteroatoms. The monoisotopic (exact) mass is 154 g/mol. The van der Waals surface area contributed by atoms with Gasteiger partial charge in [-0.15, -0.1) is 0 Å². The van der Waals surface area contributed by atoms with Crippen molar-refractivity contribution < 1.29 is 0 Å². The third-order valence-electron chi connectivity index (χ3n) is 4.36. The van der Waals surface area contributed by atoms with E-state index in [0.29, 0.717) is 0 Å². The molecule has 4 bridgehead atoms. The van der Waals surface area contributed by atoms with Crippen molar-refractivity contribution in [2.45, 2.75) is 25.7 Å². The molecule has 0 heterocycles. The standard InChI is InChI=1S/C9H14S/c10-5-9-3-6-1-8(9)2-7(6)4-9/h6-8,10H,1-5H2. The van der Waals surface area contributed by atoms with Gasteiger partial charge in [0.2, 0.25) is 0 Å². The maximum atomic E-state index is 4.49. The summed E-state index contributed by atoms with van der Waals surface area (Å²) in [6.07, 6.45) is 6.19. The summed E-state index contributed by atoms with van der Waals surface area (Å²) in [6.45, 7) is 0. The van der Waals surface area contributed by atoms with E-state index in [4.69, 9.17) is 0 Å². The Morgan fingerprint density at radius 3 is 2.00 bits per heavy atom. The van der Waals surface area contributed by atoms with E-state index in [1.54, 1.807) is 12.8 Å². The molecule has 0 N–H and O–H groups in total. The highest BCUT2D eigenvalue weighted by molar-refractivity contribution is 7.80. The maximum absolute atomic E-state index is 4.49. The van der Waals surface area contributed by atoms with Gasteiger partial charge in [-0.25, -0.2) is 0 Å². The smallest absolute Gasteiger partial charge is 0.00383 e. The van der Waals surface area contributed by atoms with Gasteiger partial charge in [-0.3, -0.25) is 0 Å². The Morgan fingerprint density at radius 1 is 1.20 bits per heavy atom. The maximum Gasteiger partial charge on any atom is -0.00383 e. The lowest BCUT2D eigenvalue weighted by Crippen LogP contribution is -2.20. The Hall–Kier alpha value is 0.350. The molecule has 0 amide bonds. The molecule has 2 atom stereocenters. The predicted molar refractivity (Wildman–Crippen MR) is 45.2 cm³/mol. The Labute approximate surface area is 67.8 Å². The molecule has 2 unspecified atom stereocenters. The summed E-state index contributed by atoms with van der Waals surface area (Å²) in [4.78, 5) is 0. The third kappa shape index (κ3) is 0.459. The average molecular weight is 154 g/mol. The quantitative estimate of drug-likeness (QED) is 0.551. The van der Waals surface area contributed by atoms with Crippen LogP contribution in [0, 0.1) is 23.2 Å². The van der Waals surface area contributed by atoms with Crippen molar-refractivity contribution in [3.8, 4) is 0 Å². The van der Waals surface area contributed by atoms with Crippen LogP contribution in [0.25, 0.3) is 0 Å². The van der Waals surface area contributed by atoms with Crippen LogP contribution in [0.15, 0.2) is 0 Å². The van der Waals surface area contributed by atoms with Crippen molar-refractivity contribution in [1.82, 2.24) is 0 Å². The molecule has 4 rings (SSSR count).